The van der Waals surface area contributed by atoms with E-state index in [-0.39, 0.29) is 61.5 Å². The number of pyridine rings is 6. The van der Waals surface area contributed by atoms with Gasteiger partial charge in [0.05, 0.1) is 34.2 Å². The van der Waals surface area contributed by atoms with Crippen LogP contribution in [0.1, 0.15) is 0 Å². The van der Waals surface area contributed by atoms with Gasteiger partial charge in [0.25, 0.3) is 0 Å². The van der Waals surface area contributed by atoms with Gasteiger partial charge in [0.2, 0.25) is 0 Å². The fourth-order valence-electron chi connectivity index (χ4n) is 3.95. The van der Waals surface area contributed by atoms with Crippen molar-refractivity contribution in [1.82, 2.24) is 29.9 Å². The first kappa shape index (κ1) is 52.9. The monoisotopic (exact) mass is 833 g/mol. The van der Waals surface area contributed by atoms with E-state index >= 15 is 0 Å². The smallest absolute Gasteiger partial charge is 0.761 e. The topological polar surface area (TPSA) is 345 Å². The molecule has 8 heterocycles. The second kappa shape index (κ2) is 31.1. The van der Waals surface area contributed by atoms with Crippen LogP contribution in [0.3, 0.4) is 0 Å². The van der Waals surface area contributed by atoms with Crippen molar-refractivity contribution < 1.29 is 38.7 Å². The number of rotatable bonds is 3. The Morgan fingerprint density at radius 1 is 0.373 bits per heavy atom. The predicted molar refractivity (Wildman–Crippen MR) is 224 cm³/mol. The van der Waals surface area contributed by atoms with Gasteiger partial charge in [-0.05, 0) is 72.8 Å². The van der Waals surface area contributed by atoms with Crippen LogP contribution in [-0.4, -0.2) is 87.6 Å². The molecule has 8 rings (SSSR count). The van der Waals surface area contributed by atoms with Gasteiger partial charge in [0, 0.05) is 37.2 Å². The third kappa shape index (κ3) is 17.9. The Balaban J connectivity index is 0. The van der Waals surface area contributed by atoms with E-state index in [1.165, 1.54) is 12.7 Å². The first-order valence-corrected chi connectivity index (χ1v) is 15.7. The van der Waals surface area contributed by atoms with Crippen molar-refractivity contribution in [2.75, 3.05) is 0 Å². The normalized spacial score (nSPS) is 10.3. The Morgan fingerprint density at radius 3 is 0.729 bits per heavy atom. The molecule has 297 valence electrons. The summed E-state index contributed by atoms with van der Waals surface area (Å²) in [5, 5.41) is 32.9. The molecule has 0 atom stereocenters. The zero-order valence-electron chi connectivity index (χ0n) is 30.6. The first-order valence-electron chi connectivity index (χ1n) is 15.7. The molecular weight excluding hydrogens is 799 g/mol. The molecule has 8 N–H and O–H groups in total. The van der Waals surface area contributed by atoms with Crippen LogP contribution >= 0.6 is 0 Å². The van der Waals surface area contributed by atoms with Gasteiger partial charge in [-0.3, -0.25) is 29.9 Å². The molecule has 0 saturated carbocycles. The summed E-state index contributed by atoms with van der Waals surface area (Å²) < 4.78 is 0. The minimum atomic E-state index is 0. The largest absolute Gasteiger partial charge is 2.00 e. The Morgan fingerprint density at radius 2 is 0.593 bits per heavy atom. The second-order valence-electron chi connectivity index (χ2n) is 9.88. The van der Waals surface area contributed by atoms with Crippen molar-refractivity contribution in [3.8, 4) is 46.3 Å². The van der Waals surface area contributed by atoms with E-state index in [2.05, 4.69) is 49.9 Å². The Kier molecular flexibility index (Phi) is 27.9. The maximum absolute atomic E-state index is 8.23. The van der Waals surface area contributed by atoms with Gasteiger partial charge < -0.3 is 32.7 Å². The molecule has 0 fully saturated rings. The number of aromatic nitrogens is 6. The van der Waals surface area contributed by atoms with Gasteiger partial charge in [-0.25, -0.2) is 31.7 Å². The quantitative estimate of drug-likeness (QED) is 0.237. The molecule has 18 nitrogen and oxygen atoms in total. The summed E-state index contributed by atoms with van der Waals surface area (Å²) in [7, 11) is 0. The Hall–Kier alpha value is -8.19. The van der Waals surface area contributed by atoms with E-state index in [4.69, 9.17) is 21.3 Å². The van der Waals surface area contributed by atoms with Crippen molar-refractivity contribution in [2.45, 2.75) is 0 Å². The maximum atomic E-state index is 8.23. The molecular formula is C40H34CoN14O4. The van der Waals surface area contributed by atoms with E-state index in [0.717, 1.165) is 34.2 Å². The van der Waals surface area contributed by atoms with Crippen molar-refractivity contribution >= 4 is 35.8 Å². The molecule has 0 unspecified atom stereocenters. The van der Waals surface area contributed by atoms with Crippen molar-refractivity contribution in [3.05, 3.63) is 169 Å². The summed E-state index contributed by atoms with van der Waals surface area (Å²) >= 11 is 0. The van der Waals surface area contributed by atoms with Crippen molar-refractivity contribution in [2.24, 2.45) is 20.0 Å². The van der Waals surface area contributed by atoms with Crippen molar-refractivity contribution in [1.29, 1.82) is 10.5 Å². The van der Waals surface area contributed by atoms with E-state index in [1.807, 2.05) is 109 Å². The number of hydrogen-bond acceptors (Lipinski definition) is 12. The fourth-order valence-corrected chi connectivity index (χ4v) is 3.95. The molecule has 19 heteroatoms. The molecule has 1 radical (unpaired) electrons. The van der Waals surface area contributed by atoms with Crippen LogP contribution in [0.25, 0.3) is 45.0 Å². The minimum Gasteiger partial charge on any atom is -0.761 e. The summed E-state index contributed by atoms with van der Waals surface area (Å²) in [5.74, 6) is 3.46. The van der Waals surface area contributed by atoms with E-state index in [0.29, 0.717) is 0 Å². The van der Waals surface area contributed by atoms with Crippen LogP contribution in [0.5, 0.6) is 0 Å². The zero-order valence-corrected chi connectivity index (χ0v) is 31.6. The van der Waals surface area contributed by atoms with Crippen LogP contribution in [-0.2, 0) is 16.8 Å². The van der Waals surface area contributed by atoms with Crippen molar-refractivity contribution in [3.63, 3.8) is 0 Å². The van der Waals surface area contributed by atoms with Gasteiger partial charge >= 0.3 is 16.8 Å². The van der Waals surface area contributed by atoms with Crippen LogP contribution < -0.4 is 0 Å². The first-order chi connectivity index (χ1) is 26.7. The maximum Gasteiger partial charge on any atom is 2.00 e. The van der Waals surface area contributed by atoms with Gasteiger partial charge in [-0.15, -0.1) is 0 Å². The molecule has 0 saturated heterocycles. The summed E-state index contributed by atoms with van der Waals surface area (Å²) in [4.78, 5) is 39.2. The van der Waals surface area contributed by atoms with E-state index < -0.39 is 0 Å². The minimum absolute atomic E-state index is 0. The number of aliphatic imine (C=N–C) groups is 4. The Bertz CT molecular complexity index is 2050. The van der Waals surface area contributed by atoms with E-state index in [9.17, 15) is 0 Å². The predicted octanol–water partition coefficient (Wildman–Crippen LogP) is 3.36. The van der Waals surface area contributed by atoms with Crippen LogP contribution in [0, 0.1) is 22.7 Å². The molecule has 2 aliphatic rings. The number of hydrogen-bond donors (Lipinski definition) is 0. The molecule has 0 spiro atoms. The SMILES string of the molecule is N#CC1=NC=NC1=C=[N-].N#CC1=NC=NC1=C=[N-].O.O.O.O.[Co+2].c1ccc(-c2ccccn2)nc1.c1ccc(-c2ccccn2)nc1.c1ccc(-c2ccccn2)nc1. The average Bonchev–Trinajstić information content (AvgIpc) is 3.96. The van der Waals surface area contributed by atoms with E-state index in [1.54, 1.807) is 61.1 Å². The molecule has 6 aromatic heterocycles. The molecule has 0 amide bonds. The molecule has 6 aromatic rings. The number of nitrogens with zero attached hydrogens (tertiary/aromatic N) is 14. The molecule has 59 heavy (non-hydrogen) atoms. The van der Waals surface area contributed by atoms with Gasteiger partial charge in [-0.1, -0.05) is 36.4 Å². The van der Waals surface area contributed by atoms with Crippen LogP contribution in [0.2, 0.25) is 0 Å². The zero-order chi connectivity index (χ0) is 38.1. The van der Waals surface area contributed by atoms with Crippen LogP contribution in [0.15, 0.2) is 178 Å². The molecule has 0 bridgehead atoms. The van der Waals surface area contributed by atoms with Crippen LogP contribution in [0.4, 0.5) is 0 Å². The van der Waals surface area contributed by atoms with Gasteiger partial charge in [0.15, 0.2) is 11.4 Å². The summed E-state index contributed by atoms with van der Waals surface area (Å²) in [5.41, 5.74) is 5.87. The standard InChI is InChI=1S/3C10H8N2.2C5HN4.Co.4H2O/c3*1-3-7-11-9(5-1)10-6-2-4-8-12-10;2*6-1-4-5(2-7)9-3-8-4;;;;;/h3*1-8H;2*3H;;4*1H2/q;;;2*-1;+2;;;;. The molecule has 2 aliphatic heterocycles. The fraction of sp³-hybridized carbons (Fsp3) is 0. The summed E-state index contributed by atoms with van der Waals surface area (Å²) in [6.45, 7) is 0. The summed E-state index contributed by atoms with van der Waals surface area (Å²) in [6.07, 6.45) is 13.0. The third-order valence-corrected chi connectivity index (χ3v) is 6.40. The molecule has 0 aliphatic carbocycles. The Labute approximate surface area is 348 Å². The second-order valence-corrected chi connectivity index (χ2v) is 9.88. The molecule has 0 aromatic carbocycles. The number of allylic oxidation sites excluding steroid dienone is 2. The summed E-state index contributed by atoms with van der Waals surface area (Å²) in [6, 6.07) is 38.2. The third-order valence-electron chi connectivity index (χ3n) is 6.40. The van der Waals surface area contributed by atoms with Gasteiger partial charge in [-0.2, -0.15) is 10.5 Å². The van der Waals surface area contributed by atoms with Gasteiger partial charge in [0.1, 0.15) is 36.2 Å². The number of nitriles is 2. The average molecular weight is 834 g/mol.